The Kier molecular flexibility index (Phi) is 21.5. The zero-order valence-electron chi connectivity index (χ0n) is 26.3. The van der Waals surface area contributed by atoms with E-state index in [1.54, 1.807) is 0 Å². The largest absolute Gasteiger partial charge is 0.491 e. The highest BCUT2D eigenvalue weighted by molar-refractivity contribution is 5.93. The lowest BCUT2D eigenvalue weighted by Gasteiger charge is -2.18. The molecule has 274 valence electrons. The molecule has 17 nitrogen and oxygen atoms in total. The second-order valence-corrected chi connectivity index (χ2v) is 10.7. The molecule has 0 saturated heterocycles. The van der Waals surface area contributed by atoms with Crippen LogP contribution in [0, 0.1) is 0 Å². The molecule has 0 fully saturated rings. The smallest absolute Gasteiger partial charge is 0.481 e. The topological polar surface area (TPSA) is 281 Å². The molecule has 20 heteroatoms. The normalized spacial score (nSPS) is 12.9. The lowest BCUT2D eigenvalue weighted by molar-refractivity contribution is -0.202. The van der Waals surface area contributed by atoms with E-state index < -0.39 is 78.9 Å². The molecule has 0 aliphatic rings. The van der Waals surface area contributed by atoms with Gasteiger partial charge in [0.25, 0.3) is 0 Å². The fourth-order valence-corrected chi connectivity index (χ4v) is 4.08. The Morgan fingerprint density at radius 2 is 1.15 bits per heavy atom. The number of carbonyl (C=O) groups is 8. The summed E-state index contributed by atoms with van der Waals surface area (Å²) in [4.78, 5) is 92.6. The van der Waals surface area contributed by atoms with Crippen molar-refractivity contribution in [2.45, 2.75) is 114 Å². The predicted octanol–water partition coefficient (Wildman–Crippen LogP) is 0.930. The number of rotatable bonds is 25. The lowest BCUT2D eigenvalue weighted by Crippen LogP contribution is -2.51. The number of hydrogen-bond acceptors (Lipinski definition) is 10. The number of carboxylic acid groups (broad SMARTS) is 3. The van der Waals surface area contributed by atoms with Crippen molar-refractivity contribution in [3.8, 4) is 0 Å². The van der Waals surface area contributed by atoms with Crippen LogP contribution in [0.5, 0.6) is 0 Å². The molecular weight excluding hydrogens is 655 g/mol. The summed E-state index contributed by atoms with van der Waals surface area (Å²) in [6, 6.07) is -5.41. The third kappa shape index (κ3) is 21.3. The number of nitrogens with one attached hydrogen (secondary N) is 4. The van der Waals surface area contributed by atoms with Gasteiger partial charge in [0, 0.05) is 25.8 Å². The quantitative estimate of drug-likeness (QED) is 0.0374. The number of hydrogen-bond donors (Lipinski definition) is 8. The molecule has 0 spiro atoms. The monoisotopic (exact) mass is 699 g/mol. The SMILES string of the molecule is NCCCCC(NC(=O)CCCCCCC(=O)NCCCC[C@H](NC(=O)N[C@@H](CCC(=O)O)C(=O)O)C(=O)O)C(=O)OC(=O)C(F)(F)F. The number of alkyl halides is 3. The number of halogens is 3. The summed E-state index contributed by atoms with van der Waals surface area (Å²) in [5.41, 5.74) is 5.37. The number of esters is 2. The number of aliphatic carboxylic acids is 3. The van der Waals surface area contributed by atoms with Gasteiger partial charge in [-0.2, -0.15) is 13.2 Å². The van der Waals surface area contributed by atoms with Crippen molar-refractivity contribution in [1.82, 2.24) is 21.3 Å². The Hall–Kier alpha value is -4.49. The van der Waals surface area contributed by atoms with Crippen molar-refractivity contribution in [3.05, 3.63) is 0 Å². The van der Waals surface area contributed by atoms with Crippen LogP contribution in [0.4, 0.5) is 18.0 Å². The van der Waals surface area contributed by atoms with Gasteiger partial charge >= 0.3 is 42.1 Å². The molecule has 0 rings (SSSR count). The van der Waals surface area contributed by atoms with Gasteiger partial charge in [-0.3, -0.25) is 14.4 Å². The average molecular weight is 700 g/mol. The van der Waals surface area contributed by atoms with E-state index in [1.165, 1.54) is 0 Å². The second kappa shape index (κ2) is 23.8. The molecule has 0 aliphatic carbocycles. The molecule has 0 aliphatic heterocycles. The van der Waals surface area contributed by atoms with Gasteiger partial charge in [-0.15, -0.1) is 0 Å². The Bertz CT molecular complexity index is 1110. The molecule has 48 heavy (non-hydrogen) atoms. The fraction of sp³-hybridized carbons (Fsp3) is 0.714. The Labute approximate surface area is 273 Å². The number of nitrogens with two attached hydrogens (primary N) is 1. The van der Waals surface area contributed by atoms with Gasteiger partial charge < -0.3 is 47.1 Å². The first-order valence-electron chi connectivity index (χ1n) is 15.3. The Balaban J connectivity index is 4.32. The molecule has 0 aromatic heterocycles. The lowest BCUT2D eigenvalue weighted by atomic mass is 10.1. The summed E-state index contributed by atoms with van der Waals surface area (Å²) < 4.78 is 41.1. The summed E-state index contributed by atoms with van der Waals surface area (Å²) in [7, 11) is 0. The highest BCUT2D eigenvalue weighted by Gasteiger charge is 2.43. The number of urea groups is 1. The van der Waals surface area contributed by atoms with E-state index in [0.29, 0.717) is 44.9 Å². The first kappa shape index (κ1) is 43.5. The van der Waals surface area contributed by atoms with Gasteiger partial charge in [0.1, 0.15) is 18.1 Å². The van der Waals surface area contributed by atoms with Crippen molar-refractivity contribution in [2.24, 2.45) is 5.73 Å². The molecule has 0 radical (unpaired) electrons. The predicted molar refractivity (Wildman–Crippen MR) is 158 cm³/mol. The molecule has 0 bridgehead atoms. The van der Waals surface area contributed by atoms with Gasteiger partial charge in [0.15, 0.2) is 0 Å². The first-order valence-corrected chi connectivity index (χ1v) is 15.3. The molecule has 9 N–H and O–H groups in total. The van der Waals surface area contributed by atoms with Crippen molar-refractivity contribution in [3.63, 3.8) is 0 Å². The van der Waals surface area contributed by atoms with Crippen LogP contribution >= 0.6 is 0 Å². The third-order valence-electron chi connectivity index (χ3n) is 6.64. The first-order chi connectivity index (χ1) is 22.5. The van der Waals surface area contributed by atoms with Crippen molar-refractivity contribution in [1.29, 1.82) is 0 Å². The summed E-state index contributed by atoms with van der Waals surface area (Å²) in [5.74, 6) is -9.20. The second-order valence-electron chi connectivity index (χ2n) is 10.7. The maximum Gasteiger partial charge on any atom is 0.491 e. The molecule has 0 heterocycles. The van der Waals surface area contributed by atoms with E-state index in [4.69, 9.17) is 15.9 Å². The third-order valence-corrected chi connectivity index (χ3v) is 6.64. The van der Waals surface area contributed by atoms with Gasteiger partial charge in [-0.1, -0.05) is 12.8 Å². The number of unbranched alkanes of at least 4 members (excludes halogenated alkanes) is 5. The van der Waals surface area contributed by atoms with Crippen LogP contribution in [0.15, 0.2) is 0 Å². The zero-order chi connectivity index (χ0) is 36.7. The van der Waals surface area contributed by atoms with Crippen molar-refractivity contribution in [2.75, 3.05) is 13.1 Å². The minimum atomic E-state index is -5.37. The van der Waals surface area contributed by atoms with Crippen molar-refractivity contribution >= 4 is 47.7 Å². The molecule has 0 saturated carbocycles. The standard InChI is InChI=1S/C28H44F3N5O12/c29-28(30,31)26(46)48-25(45)19(10-5-7-15-32)34-21(38)12-4-2-1-3-11-20(37)33-16-8-6-9-17(23(41)42)35-27(47)36-18(24(43)44)13-14-22(39)40/h17-19H,1-16,32H2,(H,33,37)(H,34,38)(H,39,40)(H,41,42)(H,43,44)(H2,35,36,47)/t17-,18-,19?/m0/s1. The number of carbonyl (C=O) groups excluding carboxylic acids is 5. The van der Waals surface area contributed by atoms with Gasteiger partial charge in [0.2, 0.25) is 11.8 Å². The van der Waals surface area contributed by atoms with Crippen LogP contribution in [0.25, 0.3) is 0 Å². The zero-order valence-corrected chi connectivity index (χ0v) is 26.3. The minimum absolute atomic E-state index is 0.0274. The highest BCUT2D eigenvalue weighted by Crippen LogP contribution is 2.17. The van der Waals surface area contributed by atoms with Crippen LogP contribution in [-0.2, 0) is 38.3 Å². The van der Waals surface area contributed by atoms with Crippen LogP contribution < -0.4 is 27.0 Å². The van der Waals surface area contributed by atoms with E-state index in [0.717, 1.165) is 0 Å². The van der Waals surface area contributed by atoms with E-state index in [9.17, 15) is 56.6 Å². The van der Waals surface area contributed by atoms with Gasteiger partial charge in [-0.25, -0.2) is 24.0 Å². The minimum Gasteiger partial charge on any atom is -0.481 e. The van der Waals surface area contributed by atoms with Gasteiger partial charge in [0.05, 0.1) is 0 Å². The Morgan fingerprint density at radius 1 is 0.625 bits per heavy atom. The molecule has 0 aromatic carbocycles. The summed E-state index contributed by atoms with van der Waals surface area (Å²) >= 11 is 0. The maximum absolute atomic E-state index is 12.4. The van der Waals surface area contributed by atoms with E-state index in [1.807, 2.05) is 5.32 Å². The van der Waals surface area contributed by atoms with Crippen LogP contribution in [0.1, 0.15) is 89.9 Å². The highest BCUT2D eigenvalue weighted by atomic mass is 19.4. The van der Waals surface area contributed by atoms with Gasteiger partial charge in [-0.05, 0) is 64.3 Å². The number of amides is 4. The molecule has 1 unspecified atom stereocenters. The van der Waals surface area contributed by atoms with Crippen LogP contribution in [0.2, 0.25) is 0 Å². The number of ether oxygens (including phenoxy) is 1. The molecule has 4 amide bonds. The maximum atomic E-state index is 12.4. The van der Waals surface area contributed by atoms with E-state index >= 15 is 0 Å². The Morgan fingerprint density at radius 3 is 1.67 bits per heavy atom. The van der Waals surface area contributed by atoms with E-state index in [-0.39, 0.29) is 51.1 Å². The number of carboxylic acids is 3. The molecule has 3 atom stereocenters. The summed E-state index contributed by atoms with van der Waals surface area (Å²) in [6.07, 6.45) is -2.96. The van der Waals surface area contributed by atoms with Crippen LogP contribution in [-0.4, -0.2) is 100 Å². The average Bonchev–Trinajstić information content (AvgIpc) is 2.98. The molecule has 0 aromatic rings. The fourth-order valence-electron chi connectivity index (χ4n) is 4.08. The summed E-state index contributed by atoms with van der Waals surface area (Å²) in [5, 5.41) is 36.2. The molecular formula is C28H44F3N5O12. The summed E-state index contributed by atoms with van der Waals surface area (Å²) in [6.45, 7) is 0.471. The van der Waals surface area contributed by atoms with Crippen LogP contribution in [0.3, 0.4) is 0 Å². The van der Waals surface area contributed by atoms with E-state index in [2.05, 4.69) is 20.7 Å². The van der Waals surface area contributed by atoms with Crippen molar-refractivity contribution < 1.29 is 71.6 Å².